The molecule has 2 amide bonds. The number of carbonyl (C=O) groups is 1. The molecule has 138 valence electrons. The molecular formula is C21H26N2O3. The second kappa shape index (κ2) is 8.61. The molecule has 2 aromatic rings. The molecule has 2 aromatic carbocycles. The number of methoxy groups -OCH3 is 2. The summed E-state index contributed by atoms with van der Waals surface area (Å²) < 4.78 is 10.9. The maximum absolute atomic E-state index is 13.0. The summed E-state index contributed by atoms with van der Waals surface area (Å²) in [7, 11) is 3.25. The largest absolute Gasteiger partial charge is 0.493 e. The number of urea groups is 1. The molecule has 0 spiro atoms. The number of hydrogen-bond acceptors (Lipinski definition) is 3. The van der Waals surface area contributed by atoms with Crippen molar-refractivity contribution in [1.29, 1.82) is 0 Å². The summed E-state index contributed by atoms with van der Waals surface area (Å²) in [6, 6.07) is 15.5. The summed E-state index contributed by atoms with van der Waals surface area (Å²) in [6.07, 6.45) is 4.40. The minimum atomic E-state index is -0.0760. The minimum Gasteiger partial charge on any atom is -0.493 e. The zero-order valence-corrected chi connectivity index (χ0v) is 15.4. The van der Waals surface area contributed by atoms with E-state index in [2.05, 4.69) is 5.32 Å². The van der Waals surface area contributed by atoms with E-state index < -0.39 is 0 Å². The zero-order valence-electron chi connectivity index (χ0n) is 15.4. The standard InChI is InChI=1S/C21H26N2O3/c1-25-19-14-8-9-16(20(19)26-2)15-23(18-12-6-7-13-18)21(24)22-17-10-4-3-5-11-17/h3-5,8-11,14,18H,6-7,12-13,15H2,1-2H3,(H,22,24). The van der Waals surface area contributed by atoms with Gasteiger partial charge >= 0.3 is 6.03 Å². The van der Waals surface area contributed by atoms with Gasteiger partial charge in [0.15, 0.2) is 11.5 Å². The van der Waals surface area contributed by atoms with Crippen LogP contribution in [0.4, 0.5) is 10.5 Å². The Kier molecular flexibility index (Phi) is 6.00. The van der Waals surface area contributed by atoms with Crippen molar-refractivity contribution in [2.75, 3.05) is 19.5 Å². The maximum atomic E-state index is 13.0. The zero-order chi connectivity index (χ0) is 18.4. The van der Waals surface area contributed by atoms with Crippen molar-refractivity contribution in [2.24, 2.45) is 0 Å². The van der Waals surface area contributed by atoms with Crippen LogP contribution in [0.25, 0.3) is 0 Å². The van der Waals surface area contributed by atoms with E-state index in [9.17, 15) is 4.79 Å². The molecule has 0 saturated heterocycles. The highest BCUT2D eigenvalue weighted by molar-refractivity contribution is 5.89. The van der Waals surface area contributed by atoms with Gasteiger partial charge in [0.25, 0.3) is 0 Å². The van der Waals surface area contributed by atoms with E-state index in [0.29, 0.717) is 18.0 Å². The van der Waals surface area contributed by atoms with E-state index in [-0.39, 0.29) is 12.1 Å². The van der Waals surface area contributed by atoms with E-state index in [1.807, 2.05) is 53.4 Å². The molecule has 3 rings (SSSR count). The summed E-state index contributed by atoms with van der Waals surface area (Å²) in [4.78, 5) is 14.9. The summed E-state index contributed by atoms with van der Waals surface area (Å²) in [6.45, 7) is 0.490. The topological polar surface area (TPSA) is 50.8 Å². The molecule has 0 aromatic heterocycles. The second-order valence-electron chi connectivity index (χ2n) is 6.52. The van der Waals surface area contributed by atoms with Gasteiger partial charge in [-0.2, -0.15) is 0 Å². The molecule has 0 aliphatic heterocycles. The van der Waals surface area contributed by atoms with Crippen LogP contribution in [0.3, 0.4) is 0 Å². The van der Waals surface area contributed by atoms with Gasteiger partial charge in [0.2, 0.25) is 0 Å². The van der Waals surface area contributed by atoms with Crippen molar-refractivity contribution in [2.45, 2.75) is 38.3 Å². The molecule has 0 unspecified atom stereocenters. The number of ether oxygens (including phenoxy) is 2. The lowest BCUT2D eigenvalue weighted by atomic mass is 10.1. The molecule has 1 aliphatic rings. The number of nitrogens with one attached hydrogen (secondary N) is 1. The molecule has 1 N–H and O–H groups in total. The first-order chi connectivity index (χ1) is 12.7. The molecule has 0 atom stereocenters. The molecule has 5 nitrogen and oxygen atoms in total. The van der Waals surface area contributed by atoms with E-state index in [4.69, 9.17) is 9.47 Å². The highest BCUT2D eigenvalue weighted by Gasteiger charge is 2.28. The van der Waals surface area contributed by atoms with E-state index in [1.165, 1.54) is 0 Å². The molecule has 1 fully saturated rings. The summed E-state index contributed by atoms with van der Waals surface area (Å²) in [5, 5.41) is 3.02. The van der Waals surface area contributed by atoms with Gasteiger partial charge in [-0.3, -0.25) is 0 Å². The van der Waals surface area contributed by atoms with Gasteiger partial charge in [0, 0.05) is 17.3 Å². The Morgan fingerprint density at radius 2 is 1.77 bits per heavy atom. The van der Waals surface area contributed by atoms with E-state index >= 15 is 0 Å². The van der Waals surface area contributed by atoms with Crippen molar-refractivity contribution < 1.29 is 14.3 Å². The number of anilines is 1. The van der Waals surface area contributed by atoms with E-state index in [0.717, 1.165) is 36.9 Å². The smallest absolute Gasteiger partial charge is 0.322 e. The molecule has 26 heavy (non-hydrogen) atoms. The fourth-order valence-electron chi connectivity index (χ4n) is 3.56. The number of hydrogen-bond donors (Lipinski definition) is 1. The third-order valence-electron chi connectivity index (χ3n) is 4.88. The quantitative estimate of drug-likeness (QED) is 0.819. The summed E-state index contributed by atoms with van der Waals surface area (Å²) in [5.41, 5.74) is 1.75. The summed E-state index contributed by atoms with van der Waals surface area (Å²) >= 11 is 0. The predicted octanol–water partition coefficient (Wildman–Crippen LogP) is 4.68. The fraction of sp³-hybridized carbons (Fsp3) is 0.381. The van der Waals surface area contributed by atoms with Gasteiger partial charge in [0.1, 0.15) is 0 Å². The Labute approximate surface area is 154 Å². The second-order valence-corrected chi connectivity index (χ2v) is 6.52. The first kappa shape index (κ1) is 18.1. The van der Waals surface area contributed by atoms with Gasteiger partial charge in [-0.25, -0.2) is 4.79 Å². The van der Waals surface area contributed by atoms with Crippen molar-refractivity contribution >= 4 is 11.7 Å². The van der Waals surface area contributed by atoms with Crippen molar-refractivity contribution in [3.8, 4) is 11.5 Å². The van der Waals surface area contributed by atoms with Crippen LogP contribution < -0.4 is 14.8 Å². The molecule has 0 bridgehead atoms. The molecule has 1 saturated carbocycles. The number of para-hydroxylation sites is 2. The monoisotopic (exact) mass is 354 g/mol. The number of benzene rings is 2. The number of nitrogens with zero attached hydrogens (tertiary/aromatic N) is 1. The van der Waals surface area contributed by atoms with Crippen molar-refractivity contribution in [1.82, 2.24) is 4.90 Å². The van der Waals surface area contributed by atoms with Gasteiger partial charge in [-0.05, 0) is 31.0 Å². The first-order valence-corrected chi connectivity index (χ1v) is 9.05. The van der Waals surface area contributed by atoms with Crippen LogP contribution in [0, 0.1) is 0 Å². The highest BCUT2D eigenvalue weighted by Crippen LogP contribution is 2.33. The highest BCUT2D eigenvalue weighted by atomic mass is 16.5. The molecule has 0 heterocycles. The Bertz CT molecular complexity index is 727. The molecule has 1 aliphatic carbocycles. The van der Waals surface area contributed by atoms with Crippen LogP contribution in [-0.4, -0.2) is 31.2 Å². The van der Waals surface area contributed by atoms with Gasteiger partial charge < -0.3 is 19.7 Å². The van der Waals surface area contributed by atoms with Crippen LogP contribution in [0.15, 0.2) is 48.5 Å². The number of rotatable bonds is 6. The lowest BCUT2D eigenvalue weighted by Gasteiger charge is -2.30. The SMILES string of the molecule is COc1cccc(CN(C(=O)Nc2ccccc2)C2CCCC2)c1OC. The summed E-state index contributed by atoms with van der Waals surface area (Å²) in [5.74, 6) is 1.37. The Morgan fingerprint density at radius 3 is 2.42 bits per heavy atom. The lowest BCUT2D eigenvalue weighted by molar-refractivity contribution is 0.183. The molecule has 5 heteroatoms. The maximum Gasteiger partial charge on any atom is 0.322 e. The molecule has 0 radical (unpaired) electrons. The Hall–Kier alpha value is -2.69. The third-order valence-corrected chi connectivity index (χ3v) is 4.88. The van der Waals surface area contributed by atoms with E-state index in [1.54, 1.807) is 14.2 Å². The number of amides is 2. The van der Waals surface area contributed by atoms with Crippen molar-refractivity contribution in [3.05, 3.63) is 54.1 Å². The first-order valence-electron chi connectivity index (χ1n) is 9.05. The average molecular weight is 354 g/mol. The van der Waals surface area contributed by atoms with Crippen LogP contribution >= 0.6 is 0 Å². The fourth-order valence-corrected chi connectivity index (χ4v) is 3.56. The van der Waals surface area contributed by atoms with Crippen LogP contribution in [0.2, 0.25) is 0 Å². The van der Waals surface area contributed by atoms with Crippen LogP contribution in [-0.2, 0) is 6.54 Å². The molecular weight excluding hydrogens is 328 g/mol. The van der Waals surface area contributed by atoms with Gasteiger partial charge in [-0.15, -0.1) is 0 Å². The Balaban J connectivity index is 1.84. The number of carbonyl (C=O) groups excluding carboxylic acids is 1. The third kappa shape index (κ3) is 4.10. The average Bonchev–Trinajstić information content (AvgIpc) is 3.20. The Morgan fingerprint density at radius 1 is 1.04 bits per heavy atom. The predicted molar refractivity (Wildman–Crippen MR) is 103 cm³/mol. The van der Waals surface area contributed by atoms with Gasteiger partial charge in [0.05, 0.1) is 20.8 Å². The van der Waals surface area contributed by atoms with Crippen LogP contribution in [0.1, 0.15) is 31.2 Å². The van der Waals surface area contributed by atoms with Gasteiger partial charge in [-0.1, -0.05) is 43.2 Å². The lowest BCUT2D eigenvalue weighted by Crippen LogP contribution is -2.41. The minimum absolute atomic E-state index is 0.0760. The van der Waals surface area contributed by atoms with Crippen LogP contribution in [0.5, 0.6) is 11.5 Å². The normalized spacial score (nSPS) is 14.1. The van der Waals surface area contributed by atoms with Crippen molar-refractivity contribution in [3.63, 3.8) is 0 Å².